The Morgan fingerprint density at radius 3 is 2.76 bits per heavy atom. The summed E-state index contributed by atoms with van der Waals surface area (Å²) in [5, 5.41) is 0. The highest BCUT2D eigenvalue weighted by Gasteiger charge is 2.66. The fourth-order valence-electron chi connectivity index (χ4n) is 4.71. The van der Waals surface area contributed by atoms with Crippen molar-refractivity contribution in [3.8, 4) is 0 Å². The fraction of sp³-hybridized carbons (Fsp3) is 0.571. The molecular weight excluding hydrogens is 210 g/mol. The Morgan fingerprint density at radius 2 is 2.00 bits per heavy atom. The number of nitrogens with one attached hydrogen (secondary N) is 1. The van der Waals surface area contributed by atoms with E-state index in [1.54, 1.807) is 0 Å². The van der Waals surface area contributed by atoms with Crippen molar-refractivity contribution in [2.45, 2.75) is 25.2 Å². The Labute approximate surface area is 99.7 Å². The number of hydrogen-bond donors (Lipinski definition) is 1. The van der Waals surface area contributed by atoms with Crippen molar-refractivity contribution >= 4 is 11.2 Å². The molecule has 3 saturated carbocycles. The zero-order valence-electron chi connectivity index (χ0n) is 9.63. The molecule has 0 aliphatic heterocycles. The third kappa shape index (κ3) is 0.985. The highest BCUT2D eigenvalue weighted by molar-refractivity contribution is 5.70. The maximum absolute atomic E-state index is 4.69. The smallest absolute Gasteiger partial charge is 0.177 e. The number of aromatic amines is 1. The van der Waals surface area contributed by atoms with Crippen molar-refractivity contribution in [1.82, 2.24) is 15.0 Å². The van der Waals surface area contributed by atoms with Gasteiger partial charge in [0.05, 0.1) is 5.52 Å². The molecule has 3 aliphatic carbocycles. The molecule has 5 rings (SSSR count). The van der Waals surface area contributed by atoms with Crippen LogP contribution in [0, 0.1) is 23.7 Å². The Bertz CT molecular complexity index is 553. The van der Waals surface area contributed by atoms with Crippen LogP contribution >= 0.6 is 0 Å². The van der Waals surface area contributed by atoms with Crippen molar-refractivity contribution in [3.63, 3.8) is 0 Å². The van der Waals surface area contributed by atoms with Crippen molar-refractivity contribution in [1.29, 1.82) is 0 Å². The molecule has 0 aromatic carbocycles. The number of pyridine rings is 1. The van der Waals surface area contributed by atoms with E-state index in [2.05, 4.69) is 21.0 Å². The van der Waals surface area contributed by atoms with Crippen molar-refractivity contribution in [3.05, 3.63) is 24.2 Å². The molecule has 1 N–H and O–H groups in total. The van der Waals surface area contributed by atoms with E-state index in [0.717, 1.165) is 40.8 Å². The monoisotopic (exact) mass is 225 g/mol. The van der Waals surface area contributed by atoms with E-state index in [1.807, 2.05) is 12.3 Å². The molecule has 4 unspecified atom stereocenters. The SMILES string of the molecule is c1cnc2nc(C3C4C5CCC(C5)C34)[nH]c2c1. The first-order valence-corrected chi connectivity index (χ1v) is 6.72. The van der Waals surface area contributed by atoms with Crippen molar-refractivity contribution in [2.75, 3.05) is 0 Å². The average Bonchev–Trinajstić information content (AvgIpc) is 2.74. The molecule has 4 atom stereocenters. The molecule has 3 nitrogen and oxygen atoms in total. The summed E-state index contributed by atoms with van der Waals surface area (Å²) in [6.07, 6.45) is 6.27. The maximum Gasteiger partial charge on any atom is 0.177 e. The number of aromatic nitrogens is 3. The Hall–Kier alpha value is -1.38. The minimum Gasteiger partial charge on any atom is -0.340 e. The number of imidazole rings is 1. The lowest BCUT2D eigenvalue weighted by atomic mass is 10.0. The molecule has 2 aromatic rings. The van der Waals surface area contributed by atoms with Crippen LogP contribution in [0.3, 0.4) is 0 Å². The second-order valence-corrected chi connectivity index (χ2v) is 6.01. The number of fused-ring (bicyclic) bond motifs is 6. The Morgan fingerprint density at radius 1 is 1.18 bits per heavy atom. The van der Waals surface area contributed by atoms with Crippen LogP contribution < -0.4 is 0 Å². The molecule has 2 heterocycles. The molecule has 2 aromatic heterocycles. The zero-order valence-corrected chi connectivity index (χ0v) is 9.63. The Balaban J connectivity index is 1.57. The van der Waals surface area contributed by atoms with Crippen LogP contribution in [0.2, 0.25) is 0 Å². The summed E-state index contributed by atoms with van der Waals surface area (Å²) in [7, 11) is 0. The molecule has 2 bridgehead atoms. The molecule has 0 amide bonds. The topological polar surface area (TPSA) is 41.6 Å². The zero-order chi connectivity index (χ0) is 11.0. The molecule has 3 heteroatoms. The summed E-state index contributed by atoms with van der Waals surface area (Å²) in [5.74, 6) is 5.87. The molecule has 0 spiro atoms. The summed E-state index contributed by atoms with van der Waals surface area (Å²) in [5.41, 5.74) is 1.99. The van der Waals surface area contributed by atoms with E-state index in [-0.39, 0.29) is 0 Å². The normalized spacial score (nSPS) is 42.0. The van der Waals surface area contributed by atoms with Crippen molar-refractivity contribution in [2.24, 2.45) is 23.7 Å². The quantitative estimate of drug-likeness (QED) is 0.810. The standard InChI is InChI=1S/C14H15N3/c1-2-9-13(15-5-1)17-14(16-9)12-10-7-3-4-8(6-7)11(10)12/h1-2,5,7-8,10-12H,3-4,6H2,(H,15,16,17). The van der Waals surface area contributed by atoms with Gasteiger partial charge < -0.3 is 4.98 Å². The van der Waals surface area contributed by atoms with Gasteiger partial charge in [0.1, 0.15) is 5.82 Å². The van der Waals surface area contributed by atoms with E-state index in [4.69, 9.17) is 0 Å². The predicted molar refractivity (Wildman–Crippen MR) is 64.4 cm³/mol. The minimum atomic E-state index is 0.732. The highest BCUT2D eigenvalue weighted by Crippen LogP contribution is 2.72. The number of H-pyrrole nitrogens is 1. The van der Waals surface area contributed by atoms with Crippen molar-refractivity contribution < 1.29 is 0 Å². The van der Waals surface area contributed by atoms with Gasteiger partial charge in [0.2, 0.25) is 0 Å². The summed E-state index contributed by atoms with van der Waals surface area (Å²) in [6.45, 7) is 0. The third-order valence-corrected chi connectivity index (χ3v) is 5.33. The third-order valence-electron chi connectivity index (χ3n) is 5.33. The van der Waals surface area contributed by atoms with Gasteiger partial charge in [0.15, 0.2) is 5.65 Å². The number of nitrogens with zero attached hydrogens (tertiary/aromatic N) is 2. The number of rotatable bonds is 1. The lowest BCUT2D eigenvalue weighted by molar-refractivity contribution is 0.456. The lowest BCUT2D eigenvalue weighted by Crippen LogP contribution is -1.98. The lowest BCUT2D eigenvalue weighted by Gasteiger charge is -2.05. The van der Waals surface area contributed by atoms with E-state index >= 15 is 0 Å². The summed E-state index contributed by atoms with van der Waals surface area (Å²) >= 11 is 0. The largest absolute Gasteiger partial charge is 0.340 e. The van der Waals surface area contributed by atoms with E-state index in [9.17, 15) is 0 Å². The van der Waals surface area contributed by atoms with Crippen LogP contribution in [-0.4, -0.2) is 15.0 Å². The first-order chi connectivity index (χ1) is 8.42. The molecule has 0 saturated heterocycles. The second kappa shape index (κ2) is 2.71. The summed E-state index contributed by atoms with van der Waals surface area (Å²) in [4.78, 5) is 12.5. The van der Waals surface area contributed by atoms with Crippen LogP contribution in [0.1, 0.15) is 31.0 Å². The van der Waals surface area contributed by atoms with Crippen LogP contribution in [0.4, 0.5) is 0 Å². The molecular formula is C14H15N3. The van der Waals surface area contributed by atoms with Crippen LogP contribution in [0.15, 0.2) is 18.3 Å². The van der Waals surface area contributed by atoms with Gasteiger partial charge in [-0.3, -0.25) is 0 Å². The van der Waals surface area contributed by atoms with E-state index in [0.29, 0.717) is 0 Å². The van der Waals surface area contributed by atoms with Gasteiger partial charge >= 0.3 is 0 Å². The minimum absolute atomic E-state index is 0.732. The molecule has 86 valence electrons. The van der Waals surface area contributed by atoms with Crippen LogP contribution in [-0.2, 0) is 0 Å². The summed E-state index contributed by atoms with van der Waals surface area (Å²) in [6, 6.07) is 4.05. The fourth-order valence-corrected chi connectivity index (χ4v) is 4.71. The van der Waals surface area contributed by atoms with Gasteiger partial charge in [-0.25, -0.2) is 9.97 Å². The average molecular weight is 225 g/mol. The van der Waals surface area contributed by atoms with Gasteiger partial charge in [0.25, 0.3) is 0 Å². The van der Waals surface area contributed by atoms with Gasteiger partial charge in [-0.1, -0.05) is 0 Å². The van der Waals surface area contributed by atoms with Gasteiger partial charge in [-0.05, 0) is 55.1 Å². The van der Waals surface area contributed by atoms with E-state index < -0.39 is 0 Å². The number of hydrogen-bond acceptors (Lipinski definition) is 2. The van der Waals surface area contributed by atoms with Gasteiger partial charge in [0, 0.05) is 12.1 Å². The predicted octanol–water partition coefficient (Wildman–Crippen LogP) is 2.72. The molecule has 3 aliphatic rings. The van der Waals surface area contributed by atoms with Crippen LogP contribution in [0.5, 0.6) is 0 Å². The van der Waals surface area contributed by atoms with Gasteiger partial charge in [-0.2, -0.15) is 0 Å². The molecule has 0 radical (unpaired) electrons. The van der Waals surface area contributed by atoms with E-state index in [1.165, 1.54) is 25.1 Å². The van der Waals surface area contributed by atoms with Gasteiger partial charge in [-0.15, -0.1) is 0 Å². The second-order valence-electron chi connectivity index (χ2n) is 6.01. The molecule has 3 fully saturated rings. The maximum atomic E-state index is 4.69. The molecule has 17 heavy (non-hydrogen) atoms. The van der Waals surface area contributed by atoms with Crippen LogP contribution in [0.25, 0.3) is 11.2 Å². The highest BCUT2D eigenvalue weighted by atomic mass is 15.0. The Kier molecular flexibility index (Phi) is 1.38. The first-order valence-electron chi connectivity index (χ1n) is 6.72. The summed E-state index contributed by atoms with van der Waals surface area (Å²) < 4.78 is 0. The first kappa shape index (κ1) is 8.67.